The van der Waals surface area contributed by atoms with Crippen LogP contribution in [0.4, 0.5) is 0 Å². The molecular weight excluding hydrogens is 379 g/mol. The molecule has 0 aliphatic carbocycles. The van der Waals surface area contributed by atoms with Crippen LogP contribution in [-0.4, -0.2) is 19.7 Å². The lowest BCUT2D eigenvalue weighted by Crippen LogP contribution is -2.06. The van der Waals surface area contributed by atoms with Crippen molar-refractivity contribution in [3.05, 3.63) is 39.8 Å². The fourth-order valence-electron chi connectivity index (χ4n) is 1.99. The standard InChI is InChI=1S/C12H10ClIN4O/c1-7(13)12-16-9-4-8(14)2-3-10(9)18(12)5-11-15-6-19-17-11/h2-4,6-7H,5H2,1H3. The van der Waals surface area contributed by atoms with Gasteiger partial charge in [-0.15, -0.1) is 11.6 Å². The summed E-state index contributed by atoms with van der Waals surface area (Å²) in [6.45, 7) is 2.40. The zero-order valence-corrected chi connectivity index (χ0v) is 13.0. The fourth-order valence-corrected chi connectivity index (χ4v) is 2.64. The first-order valence-electron chi connectivity index (χ1n) is 5.70. The van der Waals surface area contributed by atoms with Gasteiger partial charge >= 0.3 is 0 Å². The number of hydrogen-bond acceptors (Lipinski definition) is 4. The molecule has 98 valence electrons. The topological polar surface area (TPSA) is 56.7 Å². The lowest BCUT2D eigenvalue weighted by Gasteiger charge is -2.07. The Morgan fingerprint density at radius 1 is 1.47 bits per heavy atom. The van der Waals surface area contributed by atoms with Crippen LogP contribution >= 0.6 is 34.2 Å². The molecular formula is C12H10ClIN4O. The first-order chi connectivity index (χ1) is 9.15. The number of imidazole rings is 1. The third-order valence-corrected chi connectivity index (χ3v) is 3.67. The molecule has 1 unspecified atom stereocenters. The van der Waals surface area contributed by atoms with Gasteiger partial charge in [0.05, 0.1) is 23.0 Å². The molecule has 0 spiro atoms. The van der Waals surface area contributed by atoms with Crippen LogP contribution in [0, 0.1) is 3.57 Å². The zero-order valence-electron chi connectivity index (χ0n) is 10.0. The first kappa shape index (κ1) is 12.9. The number of hydrogen-bond donors (Lipinski definition) is 0. The van der Waals surface area contributed by atoms with E-state index in [1.807, 2.05) is 29.7 Å². The lowest BCUT2D eigenvalue weighted by atomic mass is 10.3. The molecule has 7 heteroatoms. The maximum Gasteiger partial charge on any atom is 0.213 e. The normalized spacial score (nSPS) is 13.0. The Balaban J connectivity index is 2.16. The summed E-state index contributed by atoms with van der Waals surface area (Å²) in [7, 11) is 0. The predicted octanol–water partition coefficient (Wildman–Crippen LogP) is 3.37. The van der Waals surface area contributed by atoms with E-state index in [0.29, 0.717) is 12.4 Å². The van der Waals surface area contributed by atoms with Crippen LogP contribution in [0.5, 0.6) is 0 Å². The summed E-state index contributed by atoms with van der Waals surface area (Å²) in [5, 5.41) is 3.65. The highest BCUT2D eigenvalue weighted by molar-refractivity contribution is 14.1. The van der Waals surface area contributed by atoms with Crippen molar-refractivity contribution in [3.8, 4) is 0 Å². The average Bonchev–Trinajstić information content (AvgIpc) is 2.97. The second-order valence-corrected chi connectivity index (χ2v) is 6.05. The third kappa shape index (κ3) is 2.46. The van der Waals surface area contributed by atoms with E-state index in [4.69, 9.17) is 16.1 Å². The van der Waals surface area contributed by atoms with E-state index in [1.165, 1.54) is 6.39 Å². The average molecular weight is 389 g/mol. The monoisotopic (exact) mass is 388 g/mol. The molecule has 0 fully saturated rings. The molecule has 0 N–H and O–H groups in total. The van der Waals surface area contributed by atoms with Crippen molar-refractivity contribution < 1.29 is 4.52 Å². The molecule has 3 rings (SSSR count). The number of benzene rings is 1. The van der Waals surface area contributed by atoms with Crippen LogP contribution in [0.15, 0.2) is 29.1 Å². The second kappa shape index (κ2) is 5.09. The Hall–Kier alpha value is -1.15. The molecule has 0 saturated heterocycles. The molecule has 0 aliphatic heterocycles. The van der Waals surface area contributed by atoms with Crippen molar-refractivity contribution in [2.24, 2.45) is 0 Å². The lowest BCUT2D eigenvalue weighted by molar-refractivity contribution is 0.408. The Labute approximate surface area is 128 Å². The summed E-state index contributed by atoms with van der Waals surface area (Å²) in [6.07, 6.45) is 1.32. The minimum atomic E-state index is -0.183. The Morgan fingerprint density at radius 3 is 3.00 bits per heavy atom. The molecule has 19 heavy (non-hydrogen) atoms. The number of fused-ring (bicyclic) bond motifs is 1. The van der Waals surface area contributed by atoms with Gasteiger partial charge < -0.3 is 9.09 Å². The molecule has 2 aromatic heterocycles. The van der Waals surface area contributed by atoms with Gasteiger partial charge in [-0.05, 0) is 47.7 Å². The molecule has 3 aromatic rings. The smallest absolute Gasteiger partial charge is 0.213 e. The predicted molar refractivity (Wildman–Crippen MR) is 80.1 cm³/mol. The minimum absolute atomic E-state index is 0.183. The van der Waals surface area contributed by atoms with Gasteiger partial charge in [-0.3, -0.25) is 0 Å². The van der Waals surface area contributed by atoms with Crippen LogP contribution < -0.4 is 0 Å². The van der Waals surface area contributed by atoms with E-state index < -0.39 is 0 Å². The van der Waals surface area contributed by atoms with Crippen LogP contribution in [0.1, 0.15) is 23.9 Å². The molecule has 0 radical (unpaired) electrons. The highest BCUT2D eigenvalue weighted by atomic mass is 127. The third-order valence-electron chi connectivity index (χ3n) is 2.80. The van der Waals surface area contributed by atoms with Crippen molar-refractivity contribution in [2.75, 3.05) is 0 Å². The first-order valence-corrected chi connectivity index (χ1v) is 7.21. The number of alkyl halides is 1. The molecule has 2 heterocycles. The Morgan fingerprint density at radius 2 is 2.32 bits per heavy atom. The van der Waals surface area contributed by atoms with Crippen molar-refractivity contribution in [1.82, 2.24) is 19.7 Å². The number of rotatable bonds is 3. The molecule has 0 saturated carbocycles. The van der Waals surface area contributed by atoms with Gasteiger partial charge in [0.25, 0.3) is 0 Å². The van der Waals surface area contributed by atoms with Crippen LogP contribution in [0.3, 0.4) is 0 Å². The van der Waals surface area contributed by atoms with E-state index in [0.717, 1.165) is 20.4 Å². The molecule has 0 bridgehead atoms. The van der Waals surface area contributed by atoms with Crippen molar-refractivity contribution in [2.45, 2.75) is 18.8 Å². The van der Waals surface area contributed by atoms with Gasteiger partial charge in [-0.1, -0.05) is 5.16 Å². The summed E-state index contributed by atoms with van der Waals surface area (Å²) in [4.78, 5) is 8.64. The molecule has 1 aromatic carbocycles. The van der Waals surface area contributed by atoms with Gasteiger partial charge in [-0.25, -0.2) is 4.98 Å². The van der Waals surface area contributed by atoms with Crippen LogP contribution in [0.2, 0.25) is 0 Å². The van der Waals surface area contributed by atoms with Gasteiger partial charge in [0, 0.05) is 3.57 Å². The summed E-state index contributed by atoms with van der Waals surface area (Å²) >= 11 is 8.48. The van der Waals surface area contributed by atoms with E-state index in [9.17, 15) is 0 Å². The van der Waals surface area contributed by atoms with Crippen LogP contribution in [-0.2, 0) is 6.54 Å². The molecule has 0 amide bonds. The van der Waals surface area contributed by atoms with Crippen molar-refractivity contribution in [3.63, 3.8) is 0 Å². The number of nitrogens with zero attached hydrogens (tertiary/aromatic N) is 4. The van der Waals surface area contributed by atoms with Gasteiger partial charge in [0.2, 0.25) is 6.39 Å². The Bertz CT molecular complexity index is 708. The maximum atomic E-state index is 6.21. The summed E-state index contributed by atoms with van der Waals surface area (Å²) in [5.74, 6) is 1.42. The van der Waals surface area contributed by atoms with E-state index in [1.54, 1.807) is 0 Å². The molecule has 1 atom stereocenters. The summed E-state index contributed by atoms with van der Waals surface area (Å²) < 4.78 is 7.93. The van der Waals surface area contributed by atoms with Crippen LogP contribution in [0.25, 0.3) is 11.0 Å². The minimum Gasteiger partial charge on any atom is -0.343 e. The zero-order chi connectivity index (χ0) is 13.4. The van der Waals surface area contributed by atoms with Gasteiger partial charge in [0.15, 0.2) is 5.82 Å². The number of aromatic nitrogens is 4. The van der Waals surface area contributed by atoms with Crippen molar-refractivity contribution >= 4 is 45.2 Å². The largest absolute Gasteiger partial charge is 0.343 e. The highest BCUT2D eigenvalue weighted by Crippen LogP contribution is 2.26. The SMILES string of the molecule is CC(Cl)c1nc2cc(I)ccc2n1Cc1ncon1. The van der Waals surface area contributed by atoms with E-state index in [2.05, 4.69) is 37.7 Å². The fraction of sp³-hybridized carbons (Fsp3) is 0.250. The summed E-state index contributed by atoms with van der Waals surface area (Å²) in [6, 6.07) is 6.11. The van der Waals surface area contributed by atoms with Gasteiger partial charge in [0.1, 0.15) is 5.82 Å². The Kier molecular flexibility index (Phi) is 3.44. The van der Waals surface area contributed by atoms with E-state index in [-0.39, 0.29) is 5.38 Å². The summed E-state index contributed by atoms with van der Waals surface area (Å²) in [5.41, 5.74) is 1.95. The quantitative estimate of drug-likeness (QED) is 0.510. The highest BCUT2D eigenvalue weighted by Gasteiger charge is 2.16. The maximum absolute atomic E-state index is 6.21. The van der Waals surface area contributed by atoms with E-state index >= 15 is 0 Å². The molecule has 0 aliphatic rings. The molecule has 5 nitrogen and oxygen atoms in total. The van der Waals surface area contributed by atoms with Gasteiger partial charge in [-0.2, -0.15) is 4.98 Å². The second-order valence-electron chi connectivity index (χ2n) is 4.15. The van der Waals surface area contributed by atoms with Crippen molar-refractivity contribution in [1.29, 1.82) is 0 Å². The number of halogens is 2.